The van der Waals surface area contributed by atoms with Gasteiger partial charge in [-0.25, -0.2) is 0 Å². The summed E-state index contributed by atoms with van der Waals surface area (Å²) in [6, 6.07) is 14.9. The summed E-state index contributed by atoms with van der Waals surface area (Å²) in [5.41, 5.74) is 2.74. The van der Waals surface area contributed by atoms with Gasteiger partial charge < -0.3 is 14.5 Å². The van der Waals surface area contributed by atoms with Gasteiger partial charge in [0.2, 0.25) is 12.3 Å². The highest BCUT2D eigenvalue weighted by Crippen LogP contribution is 2.20. The Hall–Kier alpha value is -3.15. The summed E-state index contributed by atoms with van der Waals surface area (Å²) in [7, 11) is 0. The van der Waals surface area contributed by atoms with Gasteiger partial charge in [-0.1, -0.05) is 19.1 Å². The number of hydrogen-bond acceptors (Lipinski definition) is 5. The van der Waals surface area contributed by atoms with Crippen molar-refractivity contribution in [1.29, 1.82) is 0 Å². The lowest BCUT2D eigenvalue weighted by atomic mass is 10.1. The fraction of sp³-hybridized carbons (Fsp3) is 0.167. The molecule has 3 aromatic rings. The molecule has 3 rings (SSSR count). The molecule has 6 nitrogen and oxygen atoms in total. The molecule has 0 radical (unpaired) electrons. The van der Waals surface area contributed by atoms with Gasteiger partial charge in [0, 0.05) is 11.3 Å². The summed E-state index contributed by atoms with van der Waals surface area (Å²) in [6.45, 7) is 2.01. The zero-order valence-electron chi connectivity index (χ0n) is 13.2. The molecule has 0 saturated carbocycles. The topological polar surface area (TPSA) is 77.2 Å². The second-order valence-corrected chi connectivity index (χ2v) is 5.16. The van der Waals surface area contributed by atoms with E-state index in [1.54, 1.807) is 24.3 Å². The molecule has 0 saturated heterocycles. The highest BCUT2D eigenvalue weighted by molar-refractivity contribution is 5.91. The van der Waals surface area contributed by atoms with E-state index >= 15 is 0 Å². The van der Waals surface area contributed by atoms with Crippen LogP contribution in [-0.4, -0.2) is 22.7 Å². The first kappa shape index (κ1) is 15.7. The Balaban J connectivity index is 1.54. The molecule has 6 heteroatoms. The molecule has 0 aliphatic carbocycles. The van der Waals surface area contributed by atoms with Gasteiger partial charge in [0.15, 0.2) is 6.61 Å². The minimum atomic E-state index is -0.204. The Morgan fingerprint density at radius 3 is 2.75 bits per heavy atom. The Labute approximate surface area is 139 Å². The third-order valence-electron chi connectivity index (χ3n) is 3.45. The van der Waals surface area contributed by atoms with E-state index in [1.165, 1.54) is 12.0 Å². The first-order valence-electron chi connectivity index (χ1n) is 7.63. The van der Waals surface area contributed by atoms with E-state index in [1.807, 2.05) is 24.3 Å². The first-order valence-corrected chi connectivity index (χ1v) is 7.63. The van der Waals surface area contributed by atoms with Gasteiger partial charge in [-0.05, 0) is 48.4 Å². The van der Waals surface area contributed by atoms with E-state index in [0.717, 1.165) is 17.7 Å². The molecular weight excluding hydrogens is 306 g/mol. The van der Waals surface area contributed by atoms with E-state index in [-0.39, 0.29) is 12.5 Å². The van der Waals surface area contributed by atoms with Crippen molar-refractivity contribution in [3.63, 3.8) is 0 Å². The third kappa shape index (κ3) is 3.98. The van der Waals surface area contributed by atoms with E-state index < -0.39 is 0 Å². The van der Waals surface area contributed by atoms with Gasteiger partial charge in [0.05, 0.1) is 0 Å². The summed E-state index contributed by atoms with van der Waals surface area (Å²) < 4.78 is 10.6. The predicted octanol–water partition coefficient (Wildman–Crippen LogP) is 3.32. The standard InChI is InChI=1S/C18H17N3O3/c1-2-13-4-3-5-15(10-13)20-17(22)11-23-16-8-6-14(7-9-16)18-21-19-12-24-18/h3-10,12H,2,11H2,1H3,(H,20,22). The fourth-order valence-corrected chi connectivity index (χ4v) is 2.21. The largest absolute Gasteiger partial charge is 0.484 e. The Morgan fingerprint density at radius 2 is 2.04 bits per heavy atom. The number of nitrogens with zero attached hydrogens (tertiary/aromatic N) is 2. The molecule has 0 fully saturated rings. The van der Waals surface area contributed by atoms with Crippen LogP contribution >= 0.6 is 0 Å². The van der Waals surface area contributed by atoms with Crippen molar-refractivity contribution in [1.82, 2.24) is 10.2 Å². The van der Waals surface area contributed by atoms with Crippen LogP contribution in [0.4, 0.5) is 5.69 Å². The Kier molecular flexibility index (Phi) is 4.86. The molecule has 0 aliphatic heterocycles. The molecule has 24 heavy (non-hydrogen) atoms. The maximum Gasteiger partial charge on any atom is 0.262 e. The number of aryl methyl sites for hydroxylation is 1. The fourth-order valence-electron chi connectivity index (χ4n) is 2.21. The monoisotopic (exact) mass is 323 g/mol. The summed E-state index contributed by atoms with van der Waals surface area (Å²) in [5, 5.41) is 10.3. The number of amides is 1. The van der Waals surface area contributed by atoms with E-state index in [9.17, 15) is 4.79 Å². The molecule has 0 atom stereocenters. The zero-order chi connectivity index (χ0) is 16.8. The minimum absolute atomic E-state index is 0.0593. The number of carbonyl (C=O) groups is 1. The average molecular weight is 323 g/mol. The molecule has 1 N–H and O–H groups in total. The lowest BCUT2D eigenvalue weighted by Crippen LogP contribution is -2.20. The quantitative estimate of drug-likeness (QED) is 0.753. The van der Waals surface area contributed by atoms with Gasteiger partial charge in [-0.2, -0.15) is 0 Å². The zero-order valence-corrected chi connectivity index (χ0v) is 13.2. The second-order valence-electron chi connectivity index (χ2n) is 5.16. The normalized spacial score (nSPS) is 10.4. The van der Waals surface area contributed by atoms with Crippen LogP contribution in [0, 0.1) is 0 Å². The van der Waals surface area contributed by atoms with Crippen LogP contribution in [0.1, 0.15) is 12.5 Å². The molecule has 0 aliphatic rings. The number of carbonyl (C=O) groups excluding carboxylic acids is 1. The van der Waals surface area contributed by atoms with Crippen LogP contribution in [0.5, 0.6) is 5.75 Å². The maximum absolute atomic E-state index is 12.0. The number of nitrogens with one attached hydrogen (secondary N) is 1. The van der Waals surface area contributed by atoms with Crippen molar-refractivity contribution in [2.45, 2.75) is 13.3 Å². The van der Waals surface area contributed by atoms with Crippen molar-refractivity contribution in [2.75, 3.05) is 11.9 Å². The van der Waals surface area contributed by atoms with Crippen molar-refractivity contribution < 1.29 is 13.9 Å². The average Bonchev–Trinajstić information content (AvgIpc) is 3.15. The van der Waals surface area contributed by atoms with Crippen LogP contribution in [0.3, 0.4) is 0 Å². The molecular formula is C18H17N3O3. The van der Waals surface area contributed by atoms with Gasteiger partial charge in [0.1, 0.15) is 5.75 Å². The van der Waals surface area contributed by atoms with Gasteiger partial charge in [-0.3, -0.25) is 4.79 Å². The van der Waals surface area contributed by atoms with Gasteiger partial charge in [-0.15, -0.1) is 10.2 Å². The molecule has 1 amide bonds. The lowest BCUT2D eigenvalue weighted by Gasteiger charge is -2.08. The van der Waals surface area contributed by atoms with Crippen molar-refractivity contribution in [3.8, 4) is 17.2 Å². The number of aromatic nitrogens is 2. The lowest BCUT2D eigenvalue weighted by molar-refractivity contribution is -0.118. The SMILES string of the molecule is CCc1cccc(NC(=O)COc2ccc(-c3nnco3)cc2)c1. The smallest absolute Gasteiger partial charge is 0.262 e. The number of rotatable bonds is 6. The Bertz CT molecular complexity index is 799. The maximum atomic E-state index is 12.0. The summed E-state index contributed by atoms with van der Waals surface area (Å²) in [6.07, 6.45) is 2.20. The van der Waals surface area contributed by atoms with Crippen LogP contribution in [-0.2, 0) is 11.2 Å². The summed E-state index contributed by atoms with van der Waals surface area (Å²) in [5.74, 6) is 0.829. The molecule has 0 spiro atoms. The molecule has 1 heterocycles. The summed E-state index contributed by atoms with van der Waals surface area (Å²) >= 11 is 0. The number of anilines is 1. The molecule has 2 aromatic carbocycles. The van der Waals surface area contributed by atoms with Gasteiger partial charge in [0.25, 0.3) is 5.91 Å². The van der Waals surface area contributed by atoms with Crippen molar-refractivity contribution in [3.05, 3.63) is 60.5 Å². The molecule has 0 unspecified atom stereocenters. The summed E-state index contributed by atoms with van der Waals surface area (Å²) in [4.78, 5) is 12.0. The van der Waals surface area contributed by atoms with Crippen LogP contribution in [0.25, 0.3) is 11.5 Å². The molecule has 0 bridgehead atoms. The highest BCUT2D eigenvalue weighted by Gasteiger charge is 2.06. The first-order chi connectivity index (χ1) is 11.7. The number of benzene rings is 2. The number of hydrogen-bond donors (Lipinski definition) is 1. The van der Waals surface area contributed by atoms with Crippen LogP contribution in [0.15, 0.2) is 59.3 Å². The van der Waals surface area contributed by atoms with Gasteiger partial charge >= 0.3 is 0 Å². The van der Waals surface area contributed by atoms with E-state index in [4.69, 9.17) is 9.15 Å². The van der Waals surface area contributed by atoms with Crippen LogP contribution < -0.4 is 10.1 Å². The third-order valence-corrected chi connectivity index (χ3v) is 3.45. The number of ether oxygens (including phenoxy) is 1. The second kappa shape index (κ2) is 7.41. The highest BCUT2D eigenvalue weighted by atomic mass is 16.5. The van der Waals surface area contributed by atoms with Crippen LogP contribution in [0.2, 0.25) is 0 Å². The van der Waals surface area contributed by atoms with Crippen molar-refractivity contribution >= 4 is 11.6 Å². The molecule has 122 valence electrons. The van der Waals surface area contributed by atoms with Crippen molar-refractivity contribution in [2.24, 2.45) is 0 Å². The predicted molar refractivity (Wildman–Crippen MR) is 89.7 cm³/mol. The van der Waals surface area contributed by atoms with E-state index in [2.05, 4.69) is 22.4 Å². The minimum Gasteiger partial charge on any atom is -0.484 e. The Morgan fingerprint density at radius 1 is 1.21 bits per heavy atom. The molecule has 1 aromatic heterocycles. The van der Waals surface area contributed by atoms with E-state index in [0.29, 0.717) is 11.6 Å².